The zero-order chi connectivity index (χ0) is 14.5. The van der Waals surface area contributed by atoms with Gasteiger partial charge in [0, 0.05) is 45.2 Å². The topological polar surface area (TPSA) is 56.6 Å². The molecule has 0 atom stereocenters. The van der Waals surface area contributed by atoms with E-state index in [9.17, 15) is 4.79 Å². The number of nitriles is 1. The van der Waals surface area contributed by atoms with Crippen LogP contribution in [-0.4, -0.2) is 49.0 Å². The number of methoxy groups -OCH3 is 1. The van der Waals surface area contributed by atoms with Crippen LogP contribution in [0.15, 0.2) is 18.2 Å². The molecular weight excluding hydrogens is 254 g/mol. The number of nitrogens with zero attached hydrogens (tertiary/aromatic N) is 3. The number of hydrogen-bond donors (Lipinski definition) is 0. The van der Waals surface area contributed by atoms with Crippen LogP contribution in [0.1, 0.15) is 18.1 Å². The van der Waals surface area contributed by atoms with Gasteiger partial charge >= 0.3 is 0 Å². The van der Waals surface area contributed by atoms with Crippen LogP contribution in [0.2, 0.25) is 0 Å². The van der Waals surface area contributed by atoms with E-state index in [1.807, 2.05) is 17.0 Å². The molecule has 0 unspecified atom stereocenters. The summed E-state index contributed by atoms with van der Waals surface area (Å²) in [4.78, 5) is 15.4. The van der Waals surface area contributed by atoms with Crippen molar-refractivity contribution < 1.29 is 9.53 Å². The molecule has 0 radical (unpaired) electrons. The van der Waals surface area contributed by atoms with Crippen molar-refractivity contribution in [3.05, 3.63) is 29.3 Å². The highest BCUT2D eigenvalue weighted by Gasteiger charge is 2.19. The Morgan fingerprint density at radius 1 is 1.35 bits per heavy atom. The Kier molecular flexibility index (Phi) is 4.59. The van der Waals surface area contributed by atoms with Crippen LogP contribution in [0.5, 0.6) is 5.75 Å². The van der Waals surface area contributed by atoms with Crippen LogP contribution in [0.3, 0.4) is 0 Å². The minimum absolute atomic E-state index is 0.133. The number of ether oxygens (including phenoxy) is 1. The molecule has 0 N–H and O–H groups in total. The minimum atomic E-state index is 0.133. The molecule has 1 aliphatic heterocycles. The number of carbonyl (C=O) groups is 1. The van der Waals surface area contributed by atoms with Crippen LogP contribution < -0.4 is 4.74 Å². The monoisotopic (exact) mass is 273 g/mol. The Labute approximate surface area is 119 Å². The van der Waals surface area contributed by atoms with Crippen molar-refractivity contribution in [2.45, 2.75) is 13.5 Å². The lowest BCUT2D eigenvalue weighted by Gasteiger charge is -2.34. The van der Waals surface area contributed by atoms with Gasteiger partial charge in [-0.2, -0.15) is 5.26 Å². The van der Waals surface area contributed by atoms with Gasteiger partial charge in [0.2, 0.25) is 5.91 Å². The van der Waals surface area contributed by atoms with Gasteiger partial charge in [0.15, 0.2) is 0 Å². The van der Waals surface area contributed by atoms with Gasteiger partial charge in [-0.3, -0.25) is 9.69 Å². The standard InChI is InChI=1S/C15H19N3O2/c1-12(19)18-7-5-17(6-8-18)11-14-9-13(10-16)3-4-15(14)20-2/h3-4,9H,5-8,11H2,1-2H3. The Morgan fingerprint density at radius 2 is 2.05 bits per heavy atom. The first-order chi connectivity index (χ1) is 9.63. The molecule has 0 spiro atoms. The van der Waals surface area contributed by atoms with Crippen LogP contribution >= 0.6 is 0 Å². The predicted molar refractivity (Wildman–Crippen MR) is 75.2 cm³/mol. The third kappa shape index (κ3) is 3.28. The largest absolute Gasteiger partial charge is 0.496 e. The third-order valence-electron chi connectivity index (χ3n) is 3.62. The van der Waals surface area contributed by atoms with Gasteiger partial charge in [0.1, 0.15) is 5.75 Å². The summed E-state index contributed by atoms with van der Waals surface area (Å²) < 4.78 is 5.35. The van der Waals surface area contributed by atoms with E-state index in [0.717, 1.165) is 44.0 Å². The lowest BCUT2D eigenvalue weighted by Crippen LogP contribution is -2.47. The highest BCUT2D eigenvalue weighted by molar-refractivity contribution is 5.73. The molecule has 106 valence electrons. The van der Waals surface area contributed by atoms with Crippen molar-refractivity contribution in [1.29, 1.82) is 5.26 Å². The second kappa shape index (κ2) is 6.40. The predicted octanol–water partition coefficient (Wildman–Crippen LogP) is 1.23. The van der Waals surface area contributed by atoms with Gasteiger partial charge in [-0.15, -0.1) is 0 Å². The average Bonchev–Trinajstić information content (AvgIpc) is 2.47. The molecule has 1 fully saturated rings. The van der Waals surface area contributed by atoms with Gasteiger partial charge in [0.05, 0.1) is 18.7 Å². The first-order valence-electron chi connectivity index (χ1n) is 6.69. The second-order valence-electron chi connectivity index (χ2n) is 4.92. The average molecular weight is 273 g/mol. The summed E-state index contributed by atoms with van der Waals surface area (Å²) in [5.74, 6) is 0.937. The van der Waals surface area contributed by atoms with Crippen LogP contribution in [0, 0.1) is 11.3 Å². The molecule has 1 aromatic carbocycles. The number of rotatable bonds is 3. The van der Waals surface area contributed by atoms with Crippen LogP contribution in [0.25, 0.3) is 0 Å². The quantitative estimate of drug-likeness (QED) is 0.831. The molecule has 20 heavy (non-hydrogen) atoms. The molecule has 0 saturated carbocycles. The normalized spacial score (nSPS) is 15.8. The molecule has 0 aliphatic carbocycles. The van der Waals surface area contributed by atoms with Gasteiger partial charge in [-0.1, -0.05) is 0 Å². The van der Waals surface area contributed by atoms with Crippen LogP contribution in [-0.2, 0) is 11.3 Å². The molecule has 1 aromatic rings. The minimum Gasteiger partial charge on any atom is -0.496 e. The summed E-state index contributed by atoms with van der Waals surface area (Å²) in [5.41, 5.74) is 1.66. The van der Waals surface area contributed by atoms with Gasteiger partial charge in [-0.05, 0) is 18.2 Å². The Morgan fingerprint density at radius 3 is 2.60 bits per heavy atom. The fraction of sp³-hybridized carbons (Fsp3) is 0.467. The maximum absolute atomic E-state index is 11.3. The van der Waals surface area contributed by atoms with E-state index in [4.69, 9.17) is 10.00 Å². The third-order valence-corrected chi connectivity index (χ3v) is 3.62. The fourth-order valence-electron chi connectivity index (χ4n) is 2.43. The van der Waals surface area contributed by atoms with Gasteiger partial charge < -0.3 is 9.64 Å². The Bertz CT molecular complexity index is 528. The first-order valence-corrected chi connectivity index (χ1v) is 6.69. The zero-order valence-electron chi connectivity index (χ0n) is 11.9. The van der Waals surface area contributed by atoms with Gasteiger partial charge in [-0.25, -0.2) is 0 Å². The van der Waals surface area contributed by atoms with E-state index >= 15 is 0 Å². The summed E-state index contributed by atoms with van der Waals surface area (Å²) >= 11 is 0. The Balaban J connectivity index is 2.04. The number of amides is 1. The zero-order valence-corrected chi connectivity index (χ0v) is 11.9. The number of piperazine rings is 1. The molecule has 1 saturated heterocycles. The molecule has 1 aliphatic rings. The molecule has 0 bridgehead atoms. The molecular formula is C15H19N3O2. The van der Waals surface area contributed by atoms with Crippen molar-refractivity contribution in [2.24, 2.45) is 0 Å². The second-order valence-corrected chi connectivity index (χ2v) is 4.92. The fourth-order valence-corrected chi connectivity index (χ4v) is 2.43. The summed E-state index contributed by atoms with van der Waals surface area (Å²) in [6.45, 7) is 5.56. The van der Waals surface area contributed by atoms with Crippen molar-refractivity contribution >= 4 is 5.91 Å². The maximum atomic E-state index is 11.3. The van der Waals surface area contributed by atoms with E-state index in [-0.39, 0.29) is 5.91 Å². The first kappa shape index (κ1) is 14.4. The summed E-state index contributed by atoms with van der Waals surface area (Å²) in [7, 11) is 1.64. The van der Waals surface area contributed by atoms with E-state index in [2.05, 4.69) is 11.0 Å². The van der Waals surface area contributed by atoms with Crippen molar-refractivity contribution in [1.82, 2.24) is 9.80 Å². The maximum Gasteiger partial charge on any atom is 0.219 e. The van der Waals surface area contributed by atoms with Crippen molar-refractivity contribution in [2.75, 3.05) is 33.3 Å². The van der Waals surface area contributed by atoms with Crippen molar-refractivity contribution in [3.8, 4) is 11.8 Å². The summed E-state index contributed by atoms with van der Waals surface area (Å²) in [6.07, 6.45) is 0. The Hall–Kier alpha value is -2.06. The molecule has 5 heteroatoms. The molecule has 1 heterocycles. The van der Waals surface area contributed by atoms with E-state index in [1.165, 1.54) is 0 Å². The van der Waals surface area contributed by atoms with Crippen molar-refractivity contribution in [3.63, 3.8) is 0 Å². The molecule has 0 aromatic heterocycles. The SMILES string of the molecule is COc1ccc(C#N)cc1CN1CCN(C(C)=O)CC1. The van der Waals surface area contributed by atoms with E-state index in [0.29, 0.717) is 5.56 Å². The lowest BCUT2D eigenvalue weighted by molar-refractivity contribution is -0.130. The number of benzene rings is 1. The molecule has 5 nitrogen and oxygen atoms in total. The van der Waals surface area contributed by atoms with E-state index < -0.39 is 0 Å². The highest BCUT2D eigenvalue weighted by Crippen LogP contribution is 2.22. The summed E-state index contributed by atoms with van der Waals surface area (Å²) in [6, 6.07) is 7.62. The lowest BCUT2D eigenvalue weighted by atomic mass is 10.1. The number of hydrogen-bond acceptors (Lipinski definition) is 4. The smallest absolute Gasteiger partial charge is 0.219 e. The molecule has 1 amide bonds. The van der Waals surface area contributed by atoms with Gasteiger partial charge in [0.25, 0.3) is 0 Å². The molecule has 2 rings (SSSR count). The number of carbonyl (C=O) groups excluding carboxylic acids is 1. The van der Waals surface area contributed by atoms with E-state index in [1.54, 1.807) is 20.1 Å². The van der Waals surface area contributed by atoms with Crippen LogP contribution in [0.4, 0.5) is 0 Å². The summed E-state index contributed by atoms with van der Waals surface area (Å²) in [5, 5.41) is 8.98. The highest BCUT2D eigenvalue weighted by atomic mass is 16.5.